The Labute approximate surface area is 149 Å². The van der Waals surface area contributed by atoms with Crippen LogP contribution in [0.3, 0.4) is 0 Å². The van der Waals surface area contributed by atoms with Crippen LogP contribution in [0.1, 0.15) is 75.3 Å². The van der Waals surface area contributed by atoms with E-state index in [1.165, 1.54) is 0 Å². The monoisotopic (exact) mass is 342 g/mol. The van der Waals surface area contributed by atoms with Gasteiger partial charge in [-0.15, -0.1) is 0 Å². The summed E-state index contributed by atoms with van der Waals surface area (Å²) in [5.74, 6) is 2.32. The molecule has 5 rings (SSSR count). The van der Waals surface area contributed by atoms with Gasteiger partial charge in [-0.2, -0.15) is 5.10 Å². The number of aromatic amines is 1. The van der Waals surface area contributed by atoms with Crippen molar-refractivity contribution >= 4 is 5.78 Å². The highest BCUT2D eigenvalue weighted by molar-refractivity contribution is 5.99. The van der Waals surface area contributed by atoms with Crippen molar-refractivity contribution in [3.05, 3.63) is 17.5 Å². The summed E-state index contributed by atoms with van der Waals surface area (Å²) >= 11 is 0. The van der Waals surface area contributed by atoms with E-state index in [1.807, 2.05) is 6.20 Å². The third-order valence-electron chi connectivity index (χ3n) is 9.28. The largest absolute Gasteiger partial charge is 0.390 e. The Kier molecular flexibility index (Phi) is 3.06. The summed E-state index contributed by atoms with van der Waals surface area (Å²) in [7, 11) is 0. The fourth-order valence-corrected chi connectivity index (χ4v) is 7.63. The van der Waals surface area contributed by atoms with Crippen molar-refractivity contribution in [3.63, 3.8) is 0 Å². The number of nitrogens with zero attached hydrogens (tertiary/aromatic N) is 1. The van der Waals surface area contributed by atoms with Gasteiger partial charge >= 0.3 is 0 Å². The molecule has 7 atom stereocenters. The van der Waals surface area contributed by atoms with Gasteiger partial charge in [0, 0.05) is 11.5 Å². The molecule has 1 aromatic rings. The minimum Gasteiger partial charge on any atom is -0.390 e. The number of hydrogen-bond acceptors (Lipinski definition) is 3. The Morgan fingerprint density at radius 3 is 2.68 bits per heavy atom. The number of ketones is 1. The number of carbonyl (C=O) groups excluding carboxylic acids is 1. The second-order valence-corrected chi connectivity index (χ2v) is 10.1. The molecule has 4 heteroatoms. The molecule has 3 unspecified atom stereocenters. The Morgan fingerprint density at radius 2 is 1.88 bits per heavy atom. The quantitative estimate of drug-likeness (QED) is 0.754. The van der Waals surface area contributed by atoms with Crippen LogP contribution in [0.2, 0.25) is 0 Å². The summed E-state index contributed by atoms with van der Waals surface area (Å²) in [4.78, 5) is 13.1. The first-order valence-electron chi connectivity index (χ1n) is 10.1. The fraction of sp³-hybridized carbons (Fsp3) is 0.810. The van der Waals surface area contributed by atoms with Gasteiger partial charge in [-0.1, -0.05) is 13.8 Å². The molecule has 4 nitrogen and oxygen atoms in total. The first kappa shape index (κ1) is 16.0. The molecule has 0 aromatic carbocycles. The van der Waals surface area contributed by atoms with Crippen LogP contribution in [0, 0.1) is 34.5 Å². The molecule has 0 bridgehead atoms. The topological polar surface area (TPSA) is 66.0 Å². The molecule has 4 aliphatic carbocycles. The van der Waals surface area contributed by atoms with Crippen LogP contribution < -0.4 is 0 Å². The zero-order valence-corrected chi connectivity index (χ0v) is 15.6. The maximum atomic E-state index is 13.1. The van der Waals surface area contributed by atoms with E-state index in [1.54, 1.807) is 0 Å². The molecule has 136 valence electrons. The van der Waals surface area contributed by atoms with Crippen molar-refractivity contribution in [2.75, 3.05) is 0 Å². The normalized spacial score (nSPS) is 51.4. The van der Waals surface area contributed by atoms with Gasteiger partial charge in [-0.25, -0.2) is 0 Å². The lowest BCUT2D eigenvalue weighted by molar-refractivity contribution is -0.134. The summed E-state index contributed by atoms with van der Waals surface area (Å²) in [5.41, 5.74) is 1.48. The van der Waals surface area contributed by atoms with Crippen molar-refractivity contribution < 1.29 is 9.90 Å². The van der Waals surface area contributed by atoms with E-state index in [0.717, 1.165) is 56.2 Å². The van der Waals surface area contributed by atoms with E-state index in [-0.39, 0.29) is 16.7 Å². The molecule has 0 amide bonds. The molecular formula is C21H30N2O2. The van der Waals surface area contributed by atoms with Gasteiger partial charge in [0.15, 0.2) is 5.78 Å². The van der Waals surface area contributed by atoms with E-state index in [2.05, 4.69) is 31.0 Å². The van der Waals surface area contributed by atoms with Gasteiger partial charge < -0.3 is 5.11 Å². The maximum absolute atomic E-state index is 13.1. The molecule has 0 saturated heterocycles. The van der Waals surface area contributed by atoms with Crippen LogP contribution in [-0.2, 0) is 6.42 Å². The highest BCUT2D eigenvalue weighted by Gasteiger charge is 2.64. The number of aliphatic hydroxyl groups is 1. The molecule has 3 saturated carbocycles. The van der Waals surface area contributed by atoms with E-state index < -0.39 is 5.60 Å². The predicted molar refractivity (Wildman–Crippen MR) is 95.1 cm³/mol. The zero-order chi connectivity index (χ0) is 17.6. The van der Waals surface area contributed by atoms with Gasteiger partial charge in [0.1, 0.15) is 5.69 Å². The van der Waals surface area contributed by atoms with Crippen LogP contribution in [-0.4, -0.2) is 26.7 Å². The minimum atomic E-state index is -0.527. The molecule has 25 heavy (non-hydrogen) atoms. The Bertz CT molecular complexity index is 738. The van der Waals surface area contributed by atoms with Crippen molar-refractivity contribution in [1.29, 1.82) is 0 Å². The molecule has 1 heterocycles. The second-order valence-electron chi connectivity index (χ2n) is 10.1. The standard InChI is InChI=1S/C21H30N2O2/c1-19-10-12-11-22-23-17(12)18(24)16(19)5-4-13-14(19)6-8-20(2)15(13)7-9-21(20,3)25/h11,13-16,25H,4-10H2,1-3H3,(H,22,23)/t13-,14?,15?,16?,19-,20+,21+/m1/s1. The SMILES string of the molecule is C[C@]12Cc3cn[nH]c3C(=O)C1CC[C@@H]1C2CC[C@@]2(C)C1CC[C@]2(C)O. The predicted octanol–water partition coefficient (Wildman–Crippen LogP) is 3.76. The Balaban J connectivity index is 1.54. The number of rotatable bonds is 0. The van der Waals surface area contributed by atoms with Crippen molar-refractivity contribution in [1.82, 2.24) is 10.2 Å². The van der Waals surface area contributed by atoms with Crippen LogP contribution in [0.25, 0.3) is 0 Å². The number of aromatic nitrogens is 2. The highest BCUT2D eigenvalue weighted by atomic mass is 16.3. The Hall–Kier alpha value is -1.16. The summed E-state index contributed by atoms with van der Waals surface area (Å²) in [6, 6.07) is 0. The average molecular weight is 342 g/mol. The number of Topliss-reactive ketones (excluding diaryl/α,β-unsaturated/α-hetero) is 1. The van der Waals surface area contributed by atoms with Crippen LogP contribution in [0.4, 0.5) is 0 Å². The molecule has 0 radical (unpaired) electrons. The molecule has 2 N–H and O–H groups in total. The Morgan fingerprint density at radius 1 is 1.12 bits per heavy atom. The lowest BCUT2D eigenvalue weighted by Gasteiger charge is -2.60. The van der Waals surface area contributed by atoms with Gasteiger partial charge in [-0.05, 0) is 80.5 Å². The molecule has 0 aliphatic heterocycles. The molecule has 0 spiro atoms. The van der Waals surface area contributed by atoms with Crippen LogP contribution >= 0.6 is 0 Å². The van der Waals surface area contributed by atoms with E-state index in [0.29, 0.717) is 23.5 Å². The van der Waals surface area contributed by atoms with Crippen molar-refractivity contribution in [2.45, 2.75) is 71.3 Å². The lowest BCUT2D eigenvalue weighted by atomic mass is 9.44. The number of H-pyrrole nitrogens is 1. The first-order valence-corrected chi connectivity index (χ1v) is 10.1. The third kappa shape index (κ3) is 1.82. The summed E-state index contributed by atoms with van der Waals surface area (Å²) in [6.07, 6.45) is 9.34. The highest BCUT2D eigenvalue weighted by Crippen LogP contribution is 2.67. The van der Waals surface area contributed by atoms with Gasteiger partial charge in [0.25, 0.3) is 0 Å². The first-order chi connectivity index (χ1) is 11.8. The molecule has 1 aromatic heterocycles. The molecular weight excluding hydrogens is 312 g/mol. The molecule has 3 fully saturated rings. The summed E-state index contributed by atoms with van der Waals surface area (Å²) in [6.45, 7) is 6.76. The van der Waals surface area contributed by atoms with Crippen LogP contribution in [0.15, 0.2) is 6.20 Å². The summed E-state index contributed by atoms with van der Waals surface area (Å²) in [5, 5.41) is 18.1. The van der Waals surface area contributed by atoms with E-state index in [9.17, 15) is 9.90 Å². The average Bonchev–Trinajstić information content (AvgIpc) is 3.10. The zero-order valence-electron chi connectivity index (χ0n) is 15.6. The van der Waals surface area contributed by atoms with Gasteiger partial charge in [0.05, 0.1) is 11.8 Å². The number of nitrogens with one attached hydrogen (secondary N) is 1. The smallest absolute Gasteiger partial charge is 0.184 e. The third-order valence-corrected chi connectivity index (χ3v) is 9.28. The van der Waals surface area contributed by atoms with Crippen molar-refractivity contribution in [2.24, 2.45) is 34.5 Å². The summed E-state index contributed by atoms with van der Waals surface area (Å²) < 4.78 is 0. The van der Waals surface area contributed by atoms with Crippen LogP contribution in [0.5, 0.6) is 0 Å². The minimum absolute atomic E-state index is 0.0524. The second kappa shape index (κ2) is 4.76. The molecule has 4 aliphatic rings. The number of fused-ring (bicyclic) bond motifs is 6. The maximum Gasteiger partial charge on any atom is 0.184 e. The van der Waals surface area contributed by atoms with Gasteiger partial charge in [0.2, 0.25) is 0 Å². The van der Waals surface area contributed by atoms with E-state index >= 15 is 0 Å². The fourth-order valence-electron chi connectivity index (χ4n) is 7.63. The number of hydrogen-bond donors (Lipinski definition) is 2. The van der Waals surface area contributed by atoms with Gasteiger partial charge in [-0.3, -0.25) is 9.89 Å². The lowest BCUT2D eigenvalue weighted by Crippen LogP contribution is -2.57. The van der Waals surface area contributed by atoms with Crippen molar-refractivity contribution in [3.8, 4) is 0 Å². The number of carbonyl (C=O) groups is 1. The van der Waals surface area contributed by atoms with E-state index in [4.69, 9.17) is 0 Å².